The van der Waals surface area contributed by atoms with E-state index in [1.807, 2.05) is 43.5 Å². The van der Waals surface area contributed by atoms with Crippen LogP contribution in [0.1, 0.15) is 12.5 Å². The van der Waals surface area contributed by atoms with Crippen LogP contribution in [0.15, 0.2) is 42.7 Å². The molecule has 0 aliphatic carbocycles. The highest BCUT2D eigenvalue weighted by atomic mass is 16.5. The van der Waals surface area contributed by atoms with Crippen LogP contribution in [0.5, 0.6) is 5.75 Å². The van der Waals surface area contributed by atoms with Crippen molar-refractivity contribution < 1.29 is 4.74 Å². The van der Waals surface area contributed by atoms with Gasteiger partial charge in [-0.1, -0.05) is 12.1 Å². The highest BCUT2D eigenvalue weighted by Crippen LogP contribution is 2.29. The molecule has 1 aromatic heterocycles. The largest absolute Gasteiger partial charge is 0.492 e. The summed E-state index contributed by atoms with van der Waals surface area (Å²) in [6.07, 6.45) is 3.59. The van der Waals surface area contributed by atoms with E-state index in [0.717, 1.165) is 11.3 Å². The average Bonchev–Trinajstić information content (AvgIpc) is 2.41. The standard InChI is InChI=1S/C14H17N3O/c1-2-18-13-7-3-6-12(14(13)15)17-10-11-5-4-8-16-9-11/h3-9,17H,2,10,15H2,1H3. The van der Waals surface area contributed by atoms with Crippen molar-refractivity contribution in [2.45, 2.75) is 13.5 Å². The number of nitrogens with two attached hydrogens (primary N) is 1. The summed E-state index contributed by atoms with van der Waals surface area (Å²) in [4.78, 5) is 4.07. The van der Waals surface area contributed by atoms with Gasteiger partial charge in [0.2, 0.25) is 0 Å². The zero-order chi connectivity index (χ0) is 12.8. The molecule has 2 aromatic rings. The zero-order valence-electron chi connectivity index (χ0n) is 10.4. The van der Waals surface area contributed by atoms with Gasteiger partial charge in [-0.05, 0) is 30.7 Å². The van der Waals surface area contributed by atoms with Crippen molar-refractivity contribution in [1.29, 1.82) is 0 Å². The second kappa shape index (κ2) is 5.91. The maximum absolute atomic E-state index is 6.03. The van der Waals surface area contributed by atoms with Crippen LogP contribution < -0.4 is 15.8 Å². The molecule has 0 saturated heterocycles. The van der Waals surface area contributed by atoms with Gasteiger partial charge in [0, 0.05) is 18.9 Å². The molecule has 0 unspecified atom stereocenters. The quantitative estimate of drug-likeness (QED) is 0.793. The molecule has 0 aliphatic rings. The number of anilines is 2. The number of hydrogen-bond donors (Lipinski definition) is 2. The Morgan fingerprint density at radius 2 is 2.17 bits per heavy atom. The van der Waals surface area contributed by atoms with Crippen molar-refractivity contribution in [3.8, 4) is 5.75 Å². The number of nitrogens with one attached hydrogen (secondary N) is 1. The maximum Gasteiger partial charge on any atom is 0.144 e. The Labute approximate surface area is 107 Å². The summed E-state index contributed by atoms with van der Waals surface area (Å²) in [6.45, 7) is 3.24. The minimum absolute atomic E-state index is 0.607. The predicted octanol–water partition coefficient (Wildman–Crippen LogP) is 2.67. The molecule has 0 spiro atoms. The van der Waals surface area contributed by atoms with E-state index in [0.29, 0.717) is 24.6 Å². The molecule has 0 saturated carbocycles. The lowest BCUT2D eigenvalue weighted by atomic mass is 10.2. The van der Waals surface area contributed by atoms with E-state index in [2.05, 4.69) is 10.3 Å². The molecule has 18 heavy (non-hydrogen) atoms. The number of pyridine rings is 1. The van der Waals surface area contributed by atoms with Crippen LogP contribution in [-0.4, -0.2) is 11.6 Å². The minimum Gasteiger partial charge on any atom is -0.492 e. The molecule has 94 valence electrons. The first-order valence-corrected chi connectivity index (χ1v) is 5.95. The van der Waals surface area contributed by atoms with Gasteiger partial charge >= 0.3 is 0 Å². The molecule has 0 fully saturated rings. The number of hydrogen-bond acceptors (Lipinski definition) is 4. The second-order valence-electron chi connectivity index (χ2n) is 3.87. The molecule has 0 bridgehead atoms. The molecule has 0 radical (unpaired) electrons. The van der Waals surface area contributed by atoms with Gasteiger partial charge in [-0.2, -0.15) is 0 Å². The monoisotopic (exact) mass is 243 g/mol. The van der Waals surface area contributed by atoms with Crippen LogP contribution in [0.25, 0.3) is 0 Å². The smallest absolute Gasteiger partial charge is 0.144 e. The van der Waals surface area contributed by atoms with E-state index < -0.39 is 0 Å². The number of nitrogen functional groups attached to an aromatic ring is 1. The van der Waals surface area contributed by atoms with Gasteiger partial charge in [-0.3, -0.25) is 4.98 Å². The number of ether oxygens (including phenoxy) is 1. The van der Waals surface area contributed by atoms with E-state index in [1.165, 1.54) is 0 Å². The summed E-state index contributed by atoms with van der Waals surface area (Å²) in [6, 6.07) is 9.66. The van der Waals surface area contributed by atoms with Gasteiger partial charge in [0.1, 0.15) is 5.75 Å². The lowest BCUT2D eigenvalue weighted by molar-refractivity contribution is 0.342. The van der Waals surface area contributed by atoms with E-state index in [1.54, 1.807) is 6.20 Å². The third kappa shape index (κ3) is 2.91. The van der Waals surface area contributed by atoms with Crippen molar-refractivity contribution in [1.82, 2.24) is 4.98 Å². The Hall–Kier alpha value is -2.23. The molecule has 1 heterocycles. The van der Waals surface area contributed by atoms with Gasteiger partial charge < -0.3 is 15.8 Å². The Bertz CT molecular complexity index is 500. The second-order valence-corrected chi connectivity index (χ2v) is 3.87. The molecule has 4 nitrogen and oxygen atoms in total. The highest BCUT2D eigenvalue weighted by Gasteiger charge is 2.05. The van der Waals surface area contributed by atoms with Crippen LogP contribution in [0.3, 0.4) is 0 Å². The molecular formula is C14H17N3O. The maximum atomic E-state index is 6.03. The Morgan fingerprint density at radius 3 is 2.89 bits per heavy atom. The molecule has 0 atom stereocenters. The van der Waals surface area contributed by atoms with E-state index in [-0.39, 0.29) is 0 Å². The number of benzene rings is 1. The summed E-state index contributed by atoms with van der Waals surface area (Å²) in [5, 5.41) is 3.28. The van der Waals surface area contributed by atoms with Gasteiger partial charge in [0.15, 0.2) is 0 Å². The first-order chi connectivity index (χ1) is 8.81. The van der Waals surface area contributed by atoms with Gasteiger partial charge in [-0.25, -0.2) is 0 Å². The van der Waals surface area contributed by atoms with Crippen LogP contribution in [0.2, 0.25) is 0 Å². The lowest BCUT2D eigenvalue weighted by Gasteiger charge is -2.13. The third-order valence-electron chi connectivity index (χ3n) is 2.57. The number of aromatic nitrogens is 1. The van der Waals surface area contributed by atoms with Crippen molar-refractivity contribution >= 4 is 11.4 Å². The summed E-state index contributed by atoms with van der Waals surface area (Å²) < 4.78 is 5.45. The Morgan fingerprint density at radius 1 is 1.28 bits per heavy atom. The third-order valence-corrected chi connectivity index (χ3v) is 2.57. The summed E-state index contributed by atoms with van der Waals surface area (Å²) in [5.74, 6) is 0.716. The van der Waals surface area contributed by atoms with Crippen molar-refractivity contribution in [3.05, 3.63) is 48.3 Å². The summed E-state index contributed by atoms with van der Waals surface area (Å²) in [5.41, 5.74) is 8.66. The van der Waals surface area contributed by atoms with E-state index >= 15 is 0 Å². The predicted molar refractivity (Wildman–Crippen MR) is 73.6 cm³/mol. The first kappa shape index (κ1) is 12.2. The van der Waals surface area contributed by atoms with Crippen molar-refractivity contribution in [2.24, 2.45) is 0 Å². The molecular weight excluding hydrogens is 226 g/mol. The van der Waals surface area contributed by atoms with Crippen LogP contribution in [0, 0.1) is 0 Å². The minimum atomic E-state index is 0.607. The Kier molecular flexibility index (Phi) is 4.02. The average molecular weight is 243 g/mol. The SMILES string of the molecule is CCOc1cccc(NCc2cccnc2)c1N. The van der Waals surface area contributed by atoms with E-state index in [4.69, 9.17) is 10.5 Å². The fraction of sp³-hybridized carbons (Fsp3) is 0.214. The highest BCUT2D eigenvalue weighted by molar-refractivity contribution is 5.72. The number of rotatable bonds is 5. The van der Waals surface area contributed by atoms with Crippen LogP contribution in [-0.2, 0) is 6.54 Å². The number of nitrogens with zero attached hydrogens (tertiary/aromatic N) is 1. The van der Waals surface area contributed by atoms with Crippen LogP contribution in [0.4, 0.5) is 11.4 Å². The zero-order valence-corrected chi connectivity index (χ0v) is 10.4. The van der Waals surface area contributed by atoms with Crippen molar-refractivity contribution in [3.63, 3.8) is 0 Å². The Balaban J connectivity index is 2.08. The van der Waals surface area contributed by atoms with Crippen LogP contribution >= 0.6 is 0 Å². The molecule has 4 heteroatoms. The van der Waals surface area contributed by atoms with Crippen molar-refractivity contribution in [2.75, 3.05) is 17.7 Å². The summed E-state index contributed by atoms with van der Waals surface area (Å²) in [7, 11) is 0. The molecule has 2 rings (SSSR count). The normalized spacial score (nSPS) is 10.1. The molecule has 0 amide bonds. The van der Waals surface area contributed by atoms with E-state index in [9.17, 15) is 0 Å². The topological polar surface area (TPSA) is 60.2 Å². The summed E-state index contributed by atoms with van der Waals surface area (Å²) >= 11 is 0. The first-order valence-electron chi connectivity index (χ1n) is 5.95. The molecule has 3 N–H and O–H groups in total. The molecule has 1 aromatic carbocycles. The molecule has 0 aliphatic heterocycles. The lowest BCUT2D eigenvalue weighted by Crippen LogP contribution is -2.04. The fourth-order valence-corrected chi connectivity index (χ4v) is 1.68. The van der Waals surface area contributed by atoms with Gasteiger partial charge in [0.25, 0.3) is 0 Å². The van der Waals surface area contributed by atoms with Gasteiger partial charge in [-0.15, -0.1) is 0 Å². The number of para-hydroxylation sites is 1. The fourth-order valence-electron chi connectivity index (χ4n) is 1.68. The van der Waals surface area contributed by atoms with Gasteiger partial charge in [0.05, 0.1) is 18.0 Å².